The number of ether oxygens (including phenoxy) is 2. The van der Waals surface area contributed by atoms with Gasteiger partial charge in [0.15, 0.2) is 6.10 Å². The Morgan fingerprint density at radius 2 is 0.911 bits per heavy atom. The molecule has 332 valence electrons. The first-order chi connectivity index (χ1) is 27.0. The third-order valence-corrected chi connectivity index (χ3v) is 11.2. The lowest BCUT2D eigenvalue weighted by Crippen LogP contribution is -2.37. The Labute approximate surface area is 346 Å². The monoisotopic (exact) mass is 816 g/mol. The first kappa shape index (κ1) is 54.8. The number of quaternary nitrogens is 1. The van der Waals surface area contributed by atoms with Crippen molar-refractivity contribution in [1.82, 2.24) is 0 Å². The summed E-state index contributed by atoms with van der Waals surface area (Å²) in [4.78, 5) is 37.6. The van der Waals surface area contributed by atoms with Crippen molar-refractivity contribution < 1.29 is 42.1 Å². The van der Waals surface area contributed by atoms with Gasteiger partial charge in [0.05, 0.1) is 27.7 Å². The summed E-state index contributed by atoms with van der Waals surface area (Å²) < 4.78 is 33.9. The Kier molecular flexibility index (Phi) is 38.3. The normalized spacial score (nSPS) is 13.6. The second kappa shape index (κ2) is 39.2. The number of unbranched alkanes of at least 4 members (excludes halogenated alkanes) is 27. The molecule has 9 nitrogen and oxygen atoms in total. The number of carbonyl (C=O) groups excluding carboxylic acids is 2. The van der Waals surface area contributed by atoms with Crippen molar-refractivity contribution in [2.75, 3.05) is 47.5 Å². The van der Waals surface area contributed by atoms with Crippen LogP contribution in [0.4, 0.5) is 0 Å². The average molecular weight is 816 g/mol. The van der Waals surface area contributed by atoms with Crippen molar-refractivity contribution in [2.45, 2.75) is 225 Å². The van der Waals surface area contributed by atoms with E-state index < -0.39 is 26.5 Å². The molecule has 0 rings (SSSR count). The number of esters is 2. The maximum Gasteiger partial charge on any atom is 0.306 e. The predicted molar refractivity (Wildman–Crippen MR) is 231 cm³/mol. The van der Waals surface area contributed by atoms with E-state index in [9.17, 15) is 19.0 Å². The van der Waals surface area contributed by atoms with E-state index in [2.05, 4.69) is 26.0 Å². The largest absolute Gasteiger partial charge is 0.756 e. The number of hydrogen-bond acceptors (Lipinski definition) is 8. The molecule has 0 spiro atoms. The number of carbonyl (C=O) groups is 2. The first-order valence-corrected chi connectivity index (χ1v) is 24.9. The third kappa shape index (κ3) is 42.4. The molecule has 0 aliphatic rings. The summed E-state index contributed by atoms with van der Waals surface area (Å²) in [6, 6.07) is 0. The number of hydrogen-bond donors (Lipinski definition) is 0. The van der Waals surface area contributed by atoms with Crippen LogP contribution in [0.2, 0.25) is 0 Å². The van der Waals surface area contributed by atoms with Gasteiger partial charge in [0, 0.05) is 12.8 Å². The molecule has 0 bridgehead atoms. The van der Waals surface area contributed by atoms with E-state index in [-0.39, 0.29) is 32.0 Å². The van der Waals surface area contributed by atoms with Gasteiger partial charge in [0.1, 0.15) is 19.8 Å². The fraction of sp³-hybridized carbons (Fsp3) is 0.913. The van der Waals surface area contributed by atoms with Gasteiger partial charge in [-0.05, 0) is 38.5 Å². The number of nitrogens with zero attached hydrogens (tertiary/aromatic N) is 1. The van der Waals surface area contributed by atoms with E-state index in [1.165, 1.54) is 141 Å². The Morgan fingerprint density at radius 3 is 1.34 bits per heavy atom. The van der Waals surface area contributed by atoms with Crippen LogP contribution in [0.25, 0.3) is 0 Å². The Bertz CT molecular complexity index is 969. The molecule has 2 atom stereocenters. The van der Waals surface area contributed by atoms with E-state index in [1.54, 1.807) is 0 Å². The molecule has 0 saturated carbocycles. The quantitative estimate of drug-likeness (QED) is 0.0197. The van der Waals surface area contributed by atoms with Gasteiger partial charge in [-0.1, -0.05) is 180 Å². The molecule has 0 aromatic rings. The molecular weight excluding hydrogens is 725 g/mol. The highest BCUT2D eigenvalue weighted by Crippen LogP contribution is 2.38. The van der Waals surface area contributed by atoms with Crippen LogP contribution >= 0.6 is 7.82 Å². The summed E-state index contributed by atoms with van der Waals surface area (Å²) in [5, 5.41) is 0. The number of likely N-dealkylation sites (N-methyl/N-ethyl adjacent to an activating group) is 1. The van der Waals surface area contributed by atoms with Gasteiger partial charge in [0.2, 0.25) is 0 Å². The Hall–Kier alpha value is -1.25. The van der Waals surface area contributed by atoms with Gasteiger partial charge in [-0.2, -0.15) is 0 Å². The molecule has 10 heteroatoms. The van der Waals surface area contributed by atoms with Crippen LogP contribution in [0.1, 0.15) is 219 Å². The van der Waals surface area contributed by atoms with Crippen LogP contribution in [-0.4, -0.2) is 70.0 Å². The Morgan fingerprint density at radius 1 is 0.536 bits per heavy atom. The predicted octanol–water partition coefficient (Wildman–Crippen LogP) is 12.7. The minimum Gasteiger partial charge on any atom is -0.756 e. The maximum absolute atomic E-state index is 12.7. The first-order valence-electron chi connectivity index (χ1n) is 23.4. The molecule has 0 aromatic carbocycles. The van der Waals surface area contributed by atoms with Crippen LogP contribution in [0, 0.1) is 0 Å². The zero-order valence-corrected chi connectivity index (χ0v) is 38.2. The molecule has 56 heavy (non-hydrogen) atoms. The van der Waals surface area contributed by atoms with Crippen LogP contribution in [0.15, 0.2) is 12.2 Å². The second-order valence-electron chi connectivity index (χ2n) is 17.1. The fourth-order valence-corrected chi connectivity index (χ4v) is 7.32. The van der Waals surface area contributed by atoms with Crippen molar-refractivity contribution in [3.05, 3.63) is 12.2 Å². The molecule has 0 amide bonds. The molecule has 0 saturated heterocycles. The number of phosphoric ester groups is 1. The zero-order chi connectivity index (χ0) is 41.4. The topological polar surface area (TPSA) is 111 Å². The van der Waals surface area contributed by atoms with Crippen LogP contribution < -0.4 is 4.89 Å². The minimum atomic E-state index is -4.62. The van der Waals surface area contributed by atoms with E-state index in [4.69, 9.17) is 18.5 Å². The molecule has 0 radical (unpaired) electrons. The Balaban J connectivity index is 4.30. The summed E-state index contributed by atoms with van der Waals surface area (Å²) in [5.74, 6) is -0.841. The fourth-order valence-electron chi connectivity index (χ4n) is 6.59. The van der Waals surface area contributed by atoms with Crippen molar-refractivity contribution >= 4 is 19.8 Å². The number of phosphoric acid groups is 1. The van der Waals surface area contributed by atoms with E-state index in [0.717, 1.165) is 44.9 Å². The summed E-state index contributed by atoms with van der Waals surface area (Å²) in [6.07, 6.45) is 40.9. The van der Waals surface area contributed by atoms with E-state index in [0.29, 0.717) is 17.4 Å². The van der Waals surface area contributed by atoms with Gasteiger partial charge < -0.3 is 27.9 Å². The lowest BCUT2D eigenvalue weighted by atomic mass is 10.0. The second-order valence-corrected chi connectivity index (χ2v) is 18.5. The highest BCUT2D eigenvalue weighted by Gasteiger charge is 2.21. The van der Waals surface area contributed by atoms with Gasteiger partial charge in [-0.15, -0.1) is 0 Å². The summed E-state index contributed by atoms with van der Waals surface area (Å²) in [6.45, 7) is 4.24. The molecular formula is C46H90NO8P. The standard InChI is InChI=1S/C46H90NO8P/c1-6-8-10-12-14-16-18-20-22-23-25-26-28-30-32-34-36-38-45(48)52-42-44(43-54-56(50,51)53-41-40-47(3,4)5)55-46(49)39-37-35-33-31-29-27-24-21-19-17-15-13-11-9-7-2/h27,29,44H,6-26,28,30-43H2,1-5H3/b29-27+/t44-/m1/s1. The highest BCUT2D eigenvalue weighted by atomic mass is 31.2. The average Bonchev–Trinajstić information content (AvgIpc) is 3.15. The van der Waals surface area contributed by atoms with Crippen LogP contribution in [0.5, 0.6) is 0 Å². The molecule has 0 aromatic heterocycles. The molecule has 0 N–H and O–H groups in total. The number of allylic oxidation sites excluding steroid dienone is 2. The van der Waals surface area contributed by atoms with Crippen molar-refractivity contribution in [1.29, 1.82) is 0 Å². The van der Waals surface area contributed by atoms with E-state index >= 15 is 0 Å². The smallest absolute Gasteiger partial charge is 0.306 e. The van der Waals surface area contributed by atoms with Crippen molar-refractivity contribution in [3.63, 3.8) is 0 Å². The molecule has 0 heterocycles. The zero-order valence-electron chi connectivity index (χ0n) is 37.3. The van der Waals surface area contributed by atoms with Crippen molar-refractivity contribution in [3.8, 4) is 0 Å². The maximum atomic E-state index is 12.7. The lowest BCUT2D eigenvalue weighted by molar-refractivity contribution is -0.870. The van der Waals surface area contributed by atoms with Crippen LogP contribution in [-0.2, 0) is 32.7 Å². The summed E-state index contributed by atoms with van der Waals surface area (Å²) in [7, 11) is 1.17. The van der Waals surface area contributed by atoms with Gasteiger partial charge >= 0.3 is 11.9 Å². The SMILES string of the molecule is CCCCCCCCCC/C=C/CCCCCC(=O)O[C@H](COC(=O)CCCCCCCCCCCCCCCCCCC)COP(=O)([O-])OCC[N+](C)(C)C. The summed E-state index contributed by atoms with van der Waals surface area (Å²) >= 11 is 0. The molecule has 1 unspecified atom stereocenters. The third-order valence-electron chi connectivity index (χ3n) is 10.3. The molecule has 0 fully saturated rings. The van der Waals surface area contributed by atoms with Gasteiger partial charge in [-0.25, -0.2) is 0 Å². The number of rotatable bonds is 43. The highest BCUT2D eigenvalue weighted by molar-refractivity contribution is 7.45. The molecule has 0 aliphatic carbocycles. The van der Waals surface area contributed by atoms with Crippen molar-refractivity contribution in [2.24, 2.45) is 0 Å². The van der Waals surface area contributed by atoms with E-state index in [1.807, 2.05) is 21.1 Å². The summed E-state index contributed by atoms with van der Waals surface area (Å²) in [5.41, 5.74) is 0. The molecule has 0 aliphatic heterocycles. The van der Waals surface area contributed by atoms with Gasteiger partial charge in [0.25, 0.3) is 7.82 Å². The van der Waals surface area contributed by atoms with Crippen LogP contribution in [0.3, 0.4) is 0 Å². The lowest BCUT2D eigenvalue weighted by Gasteiger charge is -2.28. The van der Waals surface area contributed by atoms with Gasteiger partial charge in [-0.3, -0.25) is 14.2 Å². The minimum absolute atomic E-state index is 0.0303.